The highest BCUT2D eigenvalue weighted by atomic mass is 16.2. The lowest BCUT2D eigenvalue weighted by molar-refractivity contribution is 0.0621. The molecule has 0 atom stereocenters. The molecule has 0 radical (unpaired) electrons. The van der Waals surface area contributed by atoms with Crippen LogP contribution < -0.4 is 4.90 Å². The molecule has 3 aromatic rings. The zero-order valence-corrected chi connectivity index (χ0v) is 19.7. The third-order valence-electron chi connectivity index (χ3n) is 7.08. The van der Waals surface area contributed by atoms with Crippen LogP contribution in [-0.4, -0.2) is 65.2 Å². The molecule has 0 aliphatic carbocycles. The number of benzene rings is 2. The third-order valence-corrected chi connectivity index (χ3v) is 7.08. The van der Waals surface area contributed by atoms with Crippen LogP contribution in [0.5, 0.6) is 0 Å². The molecule has 0 saturated carbocycles. The summed E-state index contributed by atoms with van der Waals surface area (Å²) < 4.78 is 0. The molecular formula is C28H33N5O. The second-order valence-corrected chi connectivity index (χ2v) is 9.45. The van der Waals surface area contributed by atoms with E-state index >= 15 is 0 Å². The van der Waals surface area contributed by atoms with Gasteiger partial charge < -0.3 is 9.80 Å². The molecular weight excluding hydrogens is 422 g/mol. The predicted molar refractivity (Wildman–Crippen MR) is 135 cm³/mol. The third kappa shape index (κ3) is 5.62. The minimum Gasteiger partial charge on any atom is -0.355 e. The predicted octanol–water partition coefficient (Wildman–Crippen LogP) is 3.89. The molecule has 6 heteroatoms. The zero-order chi connectivity index (χ0) is 23.2. The fourth-order valence-electron chi connectivity index (χ4n) is 5.03. The average Bonchev–Trinajstić information content (AvgIpc) is 2.91. The van der Waals surface area contributed by atoms with Crippen LogP contribution in [0.3, 0.4) is 0 Å². The monoisotopic (exact) mass is 455 g/mol. The quantitative estimate of drug-likeness (QED) is 0.564. The normalized spacial score (nSPS) is 17.6. The van der Waals surface area contributed by atoms with Crippen molar-refractivity contribution in [3.63, 3.8) is 0 Å². The van der Waals surface area contributed by atoms with Gasteiger partial charge in [-0.25, -0.2) is 0 Å². The first-order valence-electron chi connectivity index (χ1n) is 12.4. The Bertz CT molecular complexity index is 1040. The Labute approximate surface area is 202 Å². The second-order valence-electron chi connectivity index (χ2n) is 9.45. The number of carbonyl (C=O) groups excluding carboxylic acids is 1. The number of aromatic nitrogens is 2. The minimum absolute atomic E-state index is 0.0139. The van der Waals surface area contributed by atoms with Crippen molar-refractivity contribution in [2.24, 2.45) is 5.92 Å². The lowest BCUT2D eigenvalue weighted by Gasteiger charge is -2.34. The number of amides is 1. The molecule has 34 heavy (non-hydrogen) atoms. The zero-order valence-electron chi connectivity index (χ0n) is 19.7. The standard InChI is InChI=1S/C28H33N5O/c34-28(33-19-17-31(18-20-33)22-25-9-5-2-6-10-25)26-11-12-27(30-29-26)32-15-13-24(14-16-32)21-23-7-3-1-4-8-23/h1-12,24H,13-22H2. The second kappa shape index (κ2) is 10.8. The van der Waals surface area contributed by atoms with E-state index in [0.29, 0.717) is 11.6 Å². The fourth-order valence-corrected chi connectivity index (χ4v) is 5.03. The SMILES string of the molecule is O=C(c1ccc(N2CCC(Cc3ccccc3)CC2)nn1)N1CCN(Cc2ccccc2)CC1. The summed E-state index contributed by atoms with van der Waals surface area (Å²) >= 11 is 0. The van der Waals surface area contributed by atoms with Crippen molar-refractivity contribution in [1.82, 2.24) is 20.0 Å². The maximum atomic E-state index is 13.0. The van der Waals surface area contributed by atoms with Crippen LogP contribution in [0.2, 0.25) is 0 Å². The van der Waals surface area contributed by atoms with Crippen molar-refractivity contribution in [2.75, 3.05) is 44.2 Å². The van der Waals surface area contributed by atoms with Crippen LogP contribution in [0, 0.1) is 5.92 Å². The van der Waals surface area contributed by atoms with Crippen LogP contribution >= 0.6 is 0 Å². The maximum absolute atomic E-state index is 13.0. The molecule has 0 bridgehead atoms. The van der Waals surface area contributed by atoms with Crippen molar-refractivity contribution in [2.45, 2.75) is 25.8 Å². The summed E-state index contributed by atoms with van der Waals surface area (Å²) in [7, 11) is 0. The van der Waals surface area contributed by atoms with Crippen LogP contribution in [0.4, 0.5) is 5.82 Å². The van der Waals surface area contributed by atoms with Gasteiger partial charge in [-0.15, -0.1) is 10.2 Å². The van der Waals surface area contributed by atoms with E-state index in [0.717, 1.165) is 70.9 Å². The van der Waals surface area contributed by atoms with Crippen molar-refractivity contribution in [3.05, 3.63) is 89.6 Å². The fraction of sp³-hybridized carbons (Fsp3) is 0.393. The van der Waals surface area contributed by atoms with E-state index < -0.39 is 0 Å². The minimum atomic E-state index is -0.0139. The maximum Gasteiger partial charge on any atom is 0.274 e. The number of hydrogen-bond acceptors (Lipinski definition) is 5. The van der Waals surface area contributed by atoms with E-state index in [-0.39, 0.29) is 5.91 Å². The van der Waals surface area contributed by atoms with Gasteiger partial charge in [0.1, 0.15) is 0 Å². The molecule has 176 valence electrons. The van der Waals surface area contributed by atoms with E-state index in [4.69, 9.17) is 0 Å². The topological polar surface area (TPSA) is 52.6 Å². The Hall–Kier alpha value is -3.25. The van der Waals surface area contributed by atoms with E-state index in [9.17, 15) is 4.79 Å². The van der Waals surface area contributed by atoms with Gasteiger partial charge in [-0.1, -0.05) is 60.7 Å². The smallest absolute Gasteiger partial charge is 0.274 e. The molecule has 1 amide bonds. The van der Waals surface area contributed by atoms with Crippen LogP contribution in [0.25, 0.3) is 0 Å². The summed E-state index contributed by atoms with van der Waals surface area (Å²) in [5, 5.41) is 8.72. The number of piperazine rings is 1. The molecule has 2 aliphatic rings. The molecule has 0 spiro atoms. The lowest BCUT2D eigenvalue weighted by Crippen LogP contribution is -2.48. The van der Waals surface area contributed by atoms with Gasteiger partial charge in [0.05, 0.1) is 0 Å². The summed E-state index contributed by atoms with van der Waals surface area (Å²) in [6, 6.07) is 25.1. The molecule has 2 saturated heterocycles. The molecule has 6 nitrogen and oxygen atoms in total. The first-order valence-corrected chi connectivity index (χ1v) is 12.4. The first kappa shape index (κ1) is 22.5. The van der Waals surface area contributed by atoms with E-state index in [1.54, 1.807) is 0 Å². The lowest BCUT2D eigenvalue weighted by atomic mass is 9.90. The molecule has 0 unspecified atom stereocenters. The van der Waals surface area contributed by atoms with Gasteiger partial charge in [0, 0.05) is 45.8 Å². The van der Waals surface area contributed by atoms with Gasteiger partial charge in [0.25, 0.3) is 5.91 Å². The Morgan fingerprint density at radius 3 is 2.00 bits per heavy atom. The number of rotatable bonds is 6. The van der Waals surface area contributed by atoms with Crippen LogP contribution in [0.1, 0.15) is 34.5 Å². The van der Waals surface area contributed by atoms with Gasteiger partial charge in [-0.2, -0.15) is 0 Å². The van der Waals surface area contributed by atoms with Gasteiger partial charge >= 0.3 is 0 Å². The Kier molecular flexibility index (Phi) is 7.15. The number of piperidine rings is 1. The highest BCUT2D eigenvalue weighted by molar-refractivity contribution is 5.92. The summed E-state index contributed by atoms with van der Waals surface area (Å²) in [5.74, 6) is 1.58. The van der Waals surface area contributed by atoms with Crippen molar-refractivity contribution < 1.29 is 4.79 Å². The van der Waals surface area contributed by atoms with E-state index in [1.807, 2.05) is 23.1 Å². The summed E-state index contributed by atoms with van der Waals surface area (Å²) in [6.45, 7) is 6.12. The highest BCUT2D eigenvalue weighted by Gasteiger charge is 2.25. The van der Waals surface area contributed by atoms with E-state index in [1.165, 1.54) is 11.1 Å². The Balaban J connectivity index is 1.09. The van der Waals surface area contributed by atoms with Gasteiger partial charge in [0.15, 0.2) is 11.5 Å². The Morgan fingerprint density at radius 2 is 1.38 bits per heavy atom. The summed E-state index contributed by atoms with van der Waals surface area (Å²) in [5.41, 5.74) is 3.18. The van der Waals surface area contributed by atoms with Crippen molar-refractivity contribution in [3.8, 4) is 0 Å². The first-order chi connectivity index (χ1) is 16.7. The van der Waals surface area contributed by atoms with Crippen molar-refractivity contribution >= 4 is 11.7 Å². The number of anilines is 1. The Morgan fingerprint density at radius 1 is 0.735 bits per heavy atom. The van der Waals surface area contributed by atoms with Crippen molar-refractivity contribution in [1.29, 1.82) is 0 Å². The average molecular weight is 456 g/mol. The molecule has 3 heterocycles. The molecule has 2 aromatic carbocycles. The number of nitrogens with zero attached hydrogens (tertiary/aromatic N) is 5. The molecule has 1 aromatic heterocycles. The van der Waals surface area contributed by atoms with Crippen LogP contribution in [-0.2, 0) is 13.0 Å². The molecule has 0 N–H and O–H groups in total. The van der Waals surface area contributed by atoms with E-state index in [2.05, 4.69) is 74.6 Å². The molecule has 5 rings (SSSR count). The molecule has 2 fully saturated rings. The number of carbonyl (C=O) groups is 1. The van der Waals surface area contributed by atoms with Gasteiger partial charge in [-0.3, -0.25) is 9.69 Å². The largest absolute Gasteiger partial charge is 0.355 e. The summed E-state index contributed by atoms with van der Waals surface area (Å²) in [4.78, 5) is 19.6. The summed E-state index contributed by atoms with van der Waals surface area (Å²) in [6.07, 6.45) is 3.46. The van der Waals surface area contributed by atoms with Crippen LogP contribution in [0.15, 0.2) is 72.8 Å². The highest BCUT2D eigenvalue weighted by Crippen LogP contribution is 2.24. The molecule has 2 aliphatic heterocycles. The van der Waals surface area contributed by atoms with Gasteiger partial charge in [-0.05, 0) is 48.4 Å². The van der Waals surface area contributed by atoms with Gasteiger partial charge in [0.2, 0.25) is 0 Å². The number of hydrogen-bond donors (Lipinski definition) is 0.